The zero-order valence-electron chi connectivity index (χ0n) is 14.9. The molecule has 0 saturated heterocycles. The molecule has 0 spiro atoms. The largest absolute Gasteiger partial charge is 0.471 e. The van der Waals surface area contributed by atoms with E-state index in [0.29, 0.717) is 16.5 Å². The van der Waals surface area contributed by atoms with Crippen molar-refractivity contribution >= 4 is 32.9 Å². The molecule has 1 aliphatic rings. The first-order valence-corrected chi connectivity index (χ1v) is 10.2. The van der Waals surface area contributed by atoms with Gasteiger partial charge in [0.25, 0.3) is 5.70 Å². The van der Waals surface area contributed by atoms with Crippen molar-refractivity contribution in [3.8, 4) is 11.8 Å². The number of benzene rings is 1. The number of hydrogen-bond donors (Lipinski definition) is 0. The lowest BCUT2D eigenvalue weighted by molar-refractivity contribution is -0.138. The van der Waals surface area contributed by atoms with Crippen LogP contribution in [0.1, 0.15) is 30.0 Å². The van der Waals surface area contributed by atoms with Gasteiger partial charge in [0.2, 0.25) is 0 Å². The van der Waals surface area contributed by atoms with Gasteiger partial charge < -0.3 is 9.15 Å². The predicted molar refractivity (Wildman–Crippen MR) is 103 cm³/mol. The average molecular weight is 397 g/mol. The number of fused-ring (bicyclic) bond motifs is 2. The standard InChI is InChI=1S/C20H15NO6S/c1-3-26-20(23)17(21-2)10-15-8-14-9-16-12-28(24,25)7-5-4-6-13(16)11-18(14)27-19(15)22/h8-11H,3,5,7,12H2,1H3. The average Bonchev–Trinajstić information content (AvgIpc) is 2.62. The molecule has 0 atom stereocenters. The third-order valence-electron chi connectivity index (χ3n) is 4.02. The van der Waals surface area contributed by atoms with Crippen LogP contribution in [0, 0.1) is 18.4 Å². The molecule has 2 heterocycles. The first kappa shape index (κ1) is 19.4. The van der Waals surface area contributed by atoms with Gasteiger partial charge in [-0.25, -0.2) is 18.1 Å². The lowest BCUT2D eigenvalue weighted by atomic mass is 10.0. The van der Waals surface area contributed by atoms with Gasteiger partial charge in [-0.3, -0.25) is 4.79 Å². The zero-order chi connectivity index (χ0) is 20.3. The first-order valence-electron chi connectivity index (χ1n) is 8.39. The molecule has 2 aromatic rings. The van der Waals surface area contributed by atoms with E-state index in [2.05, 4.69) is 16.7 Å². The Hall–Kier alpha value is -3.36. The Bertz CT molecular complexity index is 1270. The summed E-state index contributed by atoms with van der Waals surface area (Å²) < 4.78 is 34.3. The van der Waals surface area contributed by atoms with E-state index in [1.165, 1.54) is 12.1 Å². The van der Waals surface area contributed by atoms with Crippen LogP contribution in [0.3, 0.4) is 0 Å². The molecule has 142 valence electrons. The quantitative estimate of drug-likeness (QED) is 0.259. The second-order valence-corrected chi connectivity index (χ2v) is 8.23. The van der Waals surface area contributed by atoms with Crippen molar-refractivity contribution in [1.82, 2.24) is 0 Å². The van der Waals surface area contributed by atoms with E-state index in [9.17, 15) is 18.0 Å². The molecule has 0 radical (unpaired) electrons. The molecule has 0 aliphatic carbocycles. The fourth-order valence-corrected chi connectivity index (χ4v) is 4.00. The highest BCUT2D eigenvalue weighted by molar-refractivity contribution is 7.90. The lowest BCUT2D eigenvalue weighted by Crippen LogP contribution is -2.12. The molecule has 3 rings (SSSR count). The van der Waals surface area contributed by atoms with E-state index in [0.717, 1.165) is 6.08 Å². The van der Waals surface area contributed by atoms with Crippen molar-refractivity contribution in [3.63, 3.8) is 0 Å². The summed E-state index contributed by atoms with van der Waals surface area (Å²) in [7, 11) is -3.29. The maximum atomic E-state index is 12.3. The van der Waals surface area contributed by atoms with E-state index in [4.69, 9.17) is 15.7 Å². The molecule has 0 unspecified atom stereocenters. The van der Waals surface area contributed by atoms with Gasteiger partial charge >= 0.3 is 11.6 Å². The molecule has 1 aromatic carbocycles. The van der Waals surface area contributed by atoms with E-state index in [1.807, 2.05) is 0 Å². The zero-order valence-corrected chi connectivity index (χ0v) is 15.8. The van der Waals surface area contributed by atoms with Crippen LogP contribution in [0.15, 0.2) is 33.1 Å². The Kier molecular flexibility index (Phi) is 5.34. The second kappa shape index (κ2) is 7.71. The molecule has 0 amide bonds. The number of carbonyl (C=O) groups excluding carboxylic acids is 1. The third kappa shape index (κ3) is 4.13. The number of ether oxygens (including phenoxy) is 1. The van der Waals surface area contributed by atoms with Gasteiger partial charge in [-0.05, 0) is 36.8 Å². The van der Waals surface area contributed by atoms with Gasteiger partial charge in [0, 0.05) is 17.4 Å². The highest BCUT2D eigenvalue weighted by Crippen LogP contribution is 2.23. The summed E-state index contributed by atoms with van der Waals surface area (Å²) >= 11 is 0. The van der Waals surface area contributed by atoms with E-state index < -0.39 is 21.4 Å². The first-order chi connectivity index (χ1) is 13.3. The van der Waals surface area contributed by atoms with Crippen LogP contribution >= 0.6 is 0 Å². The van der Waals surface area contributed by atoms with Gasteiger partial charge in [-0.1, -0.05) is 11.8 Å². The van der Waals surface area contributed by atoms with Crippen LogP contribution in [0.4, 0.5) is 0 Å². The highest BCUT2D eigenvalue weighted by atomic mass is 32.2. The molecule has 0 saturated carbocycles. The number of nitrogens with zero attached hydrogens (tertiary/aromatic N) is 1. The summed E-state index contributed by atoms with van der Waals surface area (Å²) in [5.74, 6) is 4.71. The molecule has 0 fully saturated rings. The van der Waals surface area contributed by atoms with Gasteiger partial charge in [-0.15, -0.1) is 0 Å². The minimum absolute atomic E-state index is 0.00807. The summed E-state index contributed by atoms with van der Waals surface area (Å²) in [4.78, 5) is 27.1. The fourth-order valence-electron chi connectivity index (χ4n) is 2.73. The van der Waals surface area contributed by atoms with Crippen LogP contribution in [0.2, 0.25) is 0 Å². The summed E-state index contributed by atoms with van der Waals surface area (Å²) in [6, 6.07) is 4.59. The third-order valence-corrected chi connectivity index (χ3v) is 5.60. The normalized spacial score (nSPS) is 15.4. The van der Waals surface area contributed by atoms with Crippen molar-refractivity contribution in [3.05, 3.63) is 62.4 Å². The van der Waals surface area contributed by atoms with Crippen molar-refractivity contribution in [2.24, 2.45) is 0 Å². The van der Waals surface area contributed by atoms with Crippen LogP contribution in [-0.2, 0) is 25.1 Å². The molecule has 28 heavy (non-hydrogen) atoms. The van der Waals surface area contributed by atoms with Crippen LogP contribution < -0.4 is 5.63 Å². The molecule has 8 heteroatoms. The van der Waals surface area contributed by atoms with Gasteiger partial charge in [0.1, 0.15) is 5.58 Å². The molecular formula is C20H15NO6S. The molecule has 1 aromatic heterocycles. The van der Waals surface area contributed by atoms with E-state index >= 15 is 0 Å². The van der Waals surface area contributed by atoms with Gasteiger partial charge in [-0.2, -0.15) is 0 Å². The highest BCUT2D eigenvalue weighted by Gasteiger charge is 2.18. The number of carbonyl (C=O) groups is 1. The second-order valence-electron chi connectivity index (χ2n) is 6.04. The van der Waals surface area contributed by atoms with Gasteiger partial charge in [0.05, 0.1) is 30.2 Å². The summed E-state index contributed by atoms with van der Waals surface area (Å²) in [6.07, 6.45) is 1.35. The van der Waals surface area contributed by atoms with Crippen molar-refractivity contribution in [2.75, 3.05) is 12.4 Å². The Morgan fingerprint density at radius 2 is 2.18 bits per heavy atom. The van der Waals surface area contributed by atoms with Crippen molar-refractivity contribution < 1.29 is 22.4 Å². The van der Waals surface area contributed by atoms with Gasteiger partial charge in [0.15, 0.2) is 9.84 Å². The Morgan fingerprint density at radius 3 is 2.89 bits per heavy atom. The minimum atomic E-state index is -3.29. The Labute approximate surface area is 161 Å². The molecular weight excluding hydrogens is 382 g/mol. The van der Waals surface area contributed by atoms with Crippen LogP contribution in [0.25, 0.3) is 21.9 Å². The number of esters is 1. The van der Waals surface area contributed by atoms with Crippen LogP contribution in [0.5, 0.6) is 0 Å². The monoisotopic (exact) mass is 397 g/mol. The summed E-state index contributed by atoms with van der Waals surface area (Å²) in [5, 5.41) is 0.468. The Balaban J connectivity index is 2.16. The predicted octanol–water partition coefficient (Wildman–Crippen LogP) is 2.29. The SMILES string of the molecule is [C-]#[N+]C(=Cc1cc2cc3c(cc2oc1=O)C#CCCS(=O)(=O)C3)C(=O)OCC. The number of rotatable bonds is 3. The lowest BCUT2D eigenvalue weighted by Gasteiger charge is -2.10. The van der Waals surface area contributed by atoms with E-state index in [1.54, 1.807) is 13.0 Å². The fraction of sp³-hybridized carbons (Fsp3) is 0.250. The summed E-state index contributed by atoms with van der Waals surface area (Å²) in [5.41, 5.74) is 0.160. The van der Waals surface area contributed by atoms with E-state index in [-0.39, 0.29) is 41.4 Å². The summed E-state index contributed by atoms with van der Waals surface area (Å²) in [6.45, 7) is 8.81. The minimum Gasteiger partial charge on any atom is -0.471 e. The maximum absolute atomic E-state index is 12.3. The van der Waals surface area contributed by atoms with Crippen LogP contribution in [-0.4, -0.2) is 26.7 Å². The smallest absolute Gasteiger partial charge is 0.342 e. The molecule has 1 aliphatic heterocycles. The van der Waals surface area contributed by atoms with Crippen molar-refractivity contribution in [1.29, 1.82) is 0 Å². The number of sulfone groups is 1. The molecule has 0 N–H and O–H groups in total. The number of hydrogen-bond acceptors (Lipinski definition) is 6. The Morgan fingerprint density at radius 1 is 1.39 bits per heavy atom. The topological polar surface area (TPSA) is 95.0 Å². The molecule has 0 bridgehead atoms. The molecule has 7 nitrogen and oxygen atoms in total. The van der Waals surface area contributed by atoms with Crippen molar-refractivity contribution in [2.45, 2.75) is 19.1 Å². The maximum Gasteiger partial charge on any atom is 0.342 e.